The van der Waals surface area contributed by atoms with Crippen LogP contribution in [-0.2, 0) is 9.59 Å². The van der Waals surface area contributed by atoms with Gasteiger partial charge in [0.25, 0.3) is 0 Å². The molecule has 0 heterocycles. The van der Waals surface area contributed by atoms with Gasteiger partial charge in [-0.05, 0) is 44.9 Å². The predicted molar refractivity (Wildman–Crippen MR) is 107 cm³/mol. The summed E-state index contributed by atoms with van der Waals surface area (Å²) in [6.07, 6.45) is 15.6. The van der Waals surface area contributed by atoms with Gasteiger partial charge in [0, 0.05) is 23.2 Å². The highest BCUT2D eigenvalue weighted by Crippen LogP contribution is 2.37. The van der Waals surface area contributed by atoms with E-state index in [0.717, 1.165) is 38.5 Å². The molecule has 1 rings (SSSR count). The molecule has 0 aliphatic heterocycles. The molecule has 2 nitrogen and oxygen atoms in total. The van der Waals surface area contributed by atoms with Gasteiger partial charge in [0.05, 0.1) is 0 Å². The SMILES string of the molecule is C=CCC1CCCCC/C=C/CCC(C)(C)C(=O)C(C)(C)CCC1=O. The molecule has 0 N–H and O–H groups in total. The minimum absolute atomic E-state index is 0.0832. The second-order valence-electron chi connectivity index (χ2n) is 8.93. The topological polar surface area (TPSA) is 34.1 Å². The average Bonchev–Trinajstić information content (AvgIpc) is 2.55. The van der Waals surface area contributed by atoms with E-state index in [9.17, 15) is 9.59 Å². The lowest BCUT2D eigenvalue weighted by Crippen LogP contribution is -2.37. The summed E-state index contributed by atoms with van der Waals surface area (Å²) in [5, 5.41) is 0. The van der Waals surface area contributed by atoms with Crippen LogP contribution in [0, 0.1) is 16.7 Å². The lowest BCUT2D eigenvalue weighted by molar-refractivity contribution is -0.137. The first kappa shape index (κ1) is 21.9. The highest BCUT2D eigenvalue weighted by atomic mass is 16.1. The van der Waals surface area contributed by atoms with E-state index in [1.54, 1.807) is 0 Å². The summed E-state index contributed by atoms with van der Waals surface area (Å²) in [4.78, 5) is 25.7. The Bertz CT molecular complexity index is 482. The zero-order chi connectivity index (χ0) is 18.9. The summed E-state index contributed by atoms with van der Waals surface area (Å²) in [6, 6.07) is 0. The number of ketones is 2. The Morgan fingerprint density at radius 3 is 2.32 bits per heavy atom. The van der Waals surface area contributed by atoms with E-state index in [1.165, 1.54) is 12.8 Å². The highest BCUT2D eigenvalue weighted by Gasteiger charge is 2.38. The Morgan fingerprint density at radius 1 is 1.00 bits per heavy atom. The number of carbonyl (C=O) groups excluding carboxylic acids is 2. The van der Waals surface area contributed by atoms with Crippen LogP contribution in [0.2, 0.25) is 0 Å². The van der Waals surface area contributed by atoms with Crippen LogP contribution in [0.5, 0.6) is 0 Å². The van der Waals surface area contributed by atoms with Crippen LogP contribution < -0.4 is 0 Å². The second kappa shape index (κ2) is 10.1. The van der Waals surface area contributed by atoms with Gasteiger partial charge in [-0.25, -0.2) is 0 Å². The first-order valence-corrected chi connectivity index (χ1v) is 10.0. The maximum absolute atomic E-state index is 13.0. The summed E-state index contributed by atoms with van der Waals surface area (Å²) in [5.74, 6) is 0.680. The molecular formula is C23H38O2. The maximum atomic E-state index is 13.0. The van der Waals surface area contributed by atoms with Gasteiger partial charge in [0.2, 0.25) is 0 Å². The van der Waals surface area contributed by atoms with Gasteiger partial charge in [-0.2, -0.15) is 0 Å². The van der Waals surface area contributed by atoms with Crippen molar-refractivity contribution in [3.63, 3.8) is 0 Å². The Labute approximate surface area is 155 Å². The third kappa shape index (κ3) is 7.30. The van der Waals surface area contributed by atoms with Crippen LogP contribution in [0.4, 0.5) is 0 Å². The molecule has 142 valence electrons. The summed E-state index contributed by atoms with van der Waals surface area (Å²) >= 11 is 0. The molecule has 25 heavy (non-hydrogen) atoms. The van der Waals surface area contributed by atoms with Crippen molar-refractivity contribution < 1.29 is 9.59 Å². The Hall–Kier alpha value is -1.18. The van der Waals surface area contributed by atoms with Gasteiger partial charge in [0.15, 0.2) is 0 Å². The first-order valence-electron chi connectivity index (χ1n) is 10.0. The van der Waals surface area contributed by atoms with E-state index in [2.05, 4.69) is 32.6 Å². The Kier molecular flexibility index (Phi) is 8.82. The van der Waals surface area contributed by atoms with Gasteiger partial charge in [-0.1, -0.05) is 58.8 Å². The molecule has 0 amide bonds. The van der Waals surface area contributed by atoms with Crippen molar-refractivity contribution in [2.75, 3.05) is 0 Å². The minimum atomic E-state index is -0.446. The number of hydrogen-bond donors (Lipinski definition) is 0. The third-order valence-corrected chi connectivity index (χ3v) is 5.66. The molecule has 0 aromatic rings. The molecule has 1 unspecified atom stereocenters. The minimum Gasteiger partial charge on any atom is -0.299 e. The van der Waals surface area contributed by atoms with Gasteiger partial charge < -0.3 is 0 Å². The van der Waals surface area contributed by atoms with Crippen molar-refractivity contribution in [3.8, 4) is 0 Å². The smallest absolute Gasteiger partial charge is 0.144 e. The summed E-state index contributed by atoms with van der Waals surface area (Å²) in [7, 11) is 0. The van der Waals surface area contributed by atoms with Crippen LogP contribution in [0.1, 0.15) is 91.9 Å². The van der Waals surface area contributed by atoms with Crippen molar-refractivity contribution >= 4 is 11.6 Å². The Morgan fingerprint density at radius 2 is 1.64 bits per heavy atom. The maximum Gasteiger partial charge on any atom is 0.144 e. The summed E-state index contributed by atoms with van der Waals surface area (Å²) < 4.78 is 0. The fraction of sp³-hybridized carbons (Fsp3) is 0.739. The second-order valence-corrected chi connectivity index (χ2v) is 8.93. The van der Waals surface area contributed by atoms with E-state index in [4.69, 9.17) is 0 Å². The van der Waals surface area contributed by atoms with E-state index < -0.39 is 5.41 Å². The lowest BCUT2D eigenvalue weighted by atomic mass is 9.69. The monoisotopic (exact) mass is 346 g/mol. The molecule has 0 radical (unpaired) electrons. The fourth-order valence-corrected chi connectivity index (χ4v) is 3.90. The normalized spacial score (nSPS) is 27.6. The van der Waals surface area contributed by atoms with Crippen molar-refractivity contribution in [2.45, 2.75) is 91.9 Å². The number of allylic oxidation sites excluding steroid dienone is 3. The van der Waals surface area contributed by atoms with E-state index in [1.807, 2.05) is 19.9 Å². The number of rotatable bonds is 2. The number of Topliss-reactive ketones (excluding diaryl/α,β-unsaturated/α-hetero) is 2. The first-order chi connectivity index (χ1) is 11.7. The highest BCUT2D eigenvalue weighted by molar-refractivity contribution is 5.90. The predicted octanol–water partition coefficient (Wildman–Crippen LogP) is 6.45. The third-order valence-electron chi connectivity index (χ3n) is 5.66. The van der Waals surface area contributed by atoms with Crippen molar-refractivity contribution in [2.24, 2.45) is 16.7 Å². The van der Waals surface area contributed by atoms with Gasteiger partial charge >= 0.3 is 0 Å². The molecule has 1 atom stereocenters. The van der Waals surface area contributed by atoms with E-state index in [0.29, 0.717) is 18.6 Å². The molecule has 0 aromatic carbocycles. The van der Waals surface area contributed by atoms with Gasteiger partial charge in [-0.15, -0.1) is 6.58 Å². The van der Waals surface area contributed by atoms with Crippen LogP contribution in [-0.4, -0.2) is 11.6 Å². The standard InChI is InChI=1S/C23H38O2/c1-6-14-19-15-12-10-8-7-9-11-13-17-22(2,3)21(25)23(4,5)18-16-20(19)24/h6,9,11,19H,1,7-8,10,12-18H2,2-5H3/b11-9+. The average molecular weight is 347 g/mol. The quantitative estimate of drug-likeness (QED) is 0.538. The zero-order valence-electron chi connectivity index (χ0n) is 16.9. The van der Waals surface area contributed by atoms with Gasteiger partial charge in [0.1, 0.15) is 11.6 Å². The number of hydrogen-bond acceptors (Lipinski definition) is 2. The molecule has 1 aliphatic rings. The molecular weight excluding hydrogens is 308 g/mol. The molecule has 2 heteroatoms. The van der Waals surface area contributed by atoms with Gasteiger partial charge in [-0.3, -0.25) is 9.59 Å². The van der Waals surface area contributed by atoms with Crippen molar-refractivity contribution in [1.29, 1.82) is 0 Å². The van der Waals surface area contributed by atoms with Crippen LogP contribution in [0.25, 0.3) is 0 Å². The molecule has 1 aliphatic carbocycles. The van der Waals surface area contributed by atoms with E-state index in [-0.39, 0.29) is 17.1 Å². The molecule has 0 saturated carbocycles. The fourth-order valence-electron chi connectivity index (χ4n) is 3.90. The molecule has 0 saturated heterocycles. The molecule has 0 aromatic heterocycles. The molecule has 0 fully saturated rings. The lowest BCUT2D eigenvalue weighted by Gasteiger charge is -2.33. The largest absolute Gasteiger partial charge is 0.299 e. The van der Waals surface area contributed by atoms with Crippen molar-refractivity contribution in [3.05, 3.63) is 24.8 Å². The molecule has 0 bridgehead atoms. The van der Waals surface area contributed by atoms with E-state index >= 15 is 0 Å². The summed E-state index contributed by atoms with van der Waals surface area (Å²) in [5.41, 5.74) is -0.785. The Balaban J connectivity index is 2.89. The van der Waals surface area contributed by atoms with Crippen LogP contribution >= 0.6 is 0 Å². The zero-order valence-corrected chi connectivity index (χ0v) is 16.9. The number of carbonyl (C=O) groups is 2. The summed E-state index contributed by atoms with van der Waals surface area (Å²) in [6.45, 7) is 11.9. The molecule has 0 spiro atoms. The van der Waals surface area contributed by atoms with Crippen LogP contribution in [0.15, 0.2) is 24.8 Å². The van der Waals surface area contributed by atoms with Crippen molar-refractivity contribution in [1.82, 2.24) is 0 Å². The van der Waals surface area contributed by atoms with Crippen LogP contribution in [0.3, 0.4) is 0 Å².